The number of hydrogen-bond acceptors (Lipinski definition) is 8. The maximum absolute atomic E-state index is 12.2. The van der Waals surface area contributed by atoms with Crippen molar-refractivity contribution in [2.24, 2.45) is 11.8 Å². The van der Waals surface area contributed by atoms with Gasteiger partial charge in [-0.1, -0.05) is 25.7 Å². The highest BCUT2D eigenvalue weighted by Gasteiger charge is 2.23. The molecule has 0 aromatic carbocycles. The SMILES string of the molecule is O=C(NCCC1CC1)c1ccc(N2CCN(c3ccc(C(=O)NCCC4CC4)nn3)CC2)nn1. The lowest BCUT2D eigenvalue weighted by Crippen LogP contribution is -2.47. The standard InChI is InChI=1S/C24H32N8O2/c33-23(25-11-9-17-1-2-17)19-5-7-21(29-27-19)31-13-15-32(16-14-31)22-8-6-20(28-30-22)24(34)26-12-10-18-3-4-18/h5-8,17-18H,1-4,9-16H2,(H,25,33)(H,26,34). The first-order chi connectivity index (χ1) is 16.7. The van der Waals surface area contributed by atoms with E-state index in [1.54, 1.807) is 12.1 Å². The molecule has 0 bridgehead atoms. The number of carbonyl (C=O) groups is 2. The summed E-state index contributed by atoms with van der Waals surface area (Å²) in [6.07, 6.45) is 7.23. The van der Waals surface area contributed by atoms with Crippen LogP contribution in [-0.2, 0) is 0 Å². The van der Waals surface area contributed by atoms with Gasteiger partial charge in [0.2, 0.25) is 0 Å². The van der Waals surface area contributed by atoms with E-state index in [2.05, 4.69) is 40.8 Å². The Morgan fingerprint density at radius 3 is 1.41 bits per heavy atom. The van der Waals surface area contributed by atoms with Gasteiger partial charge in [-0.05, 0) is 48.9 Å². The van der Waals surface area contributed by atoms with E-state index < -0.39 is 0 Å². The van der Waals surface area contributed by atoms with Gasteiger partial charge >= 0.3 is 0 Å². The lowest BCUT2D eigenvalue weighted by molar-refractivity contribution is 0.0938. The van der Waals surface area contributed by atoms with E-state index in [1.165, 1.54) is 25.7 Å². The molecule has 180 valence electrons. The minimum absolute atomic E-state index is 0.164. The number of aromatic nitrogens is 4. The molecule has 2 amide bonds. The Balaban J connectivity index is 1.07. The molecule has 2 aromatic rings. The number of nitrogens with zero attached hydrogens (tertiary/aromatic N) is 6. The molecule has 34 heavy (non-hydrogen) atoms. The van der Waals surface area contributed by atoms with Gasteiger partial charge in [-0.15, -0.1) is 20.4 Å². The molecule has 3 aliphatic rings. The summed E-state index contributed by atoms with van der Waals surface area (Å²) in [4.78, 5) is 28.7. The maximum Gasteiger partial charge on any atom is 0.271 e. The van der Waals surface area contributed by atoms with Gasteiger partial charge in [-0.25, -0.2) is 0 Å². The molecule has 0 unspecified atom stereocenters. The van der Waals surface area contributed by atoms with Crippen LogP contribution in [0.5, 0.6) is 0 Å². The van der Waals surface area contributed by atoms with Crippen molar-refractivity contribution >= 4 is 23.5 Å². The van der Waals surface area contributed by atoms with E-state index in [1.807, 2.05) is 12.1 Å². The smallest absolute Gasteiger partial charge is 0.271 e. The second kappa shape index (κ2) is 10.3. The lowest BCUT2D eigenvalue weighted by Gasteiger charge is -2.35. The molecule has 3 heterocycles. The lowest BCUT2D eigenvalue weighted by atomic mass is 10.2. The van der Waals surface area contributed by atoms with Gasteiger partial charge in [0, 0.05) is 39.3 Å². The first kappa shape index (κ1) is 22.5. The molecule has 1 saturated heterocycles. The third kappa shape index (κ3) is 5.98. The number of rotatable bonds is 10. The van der Waals surface area contributed by atoms with Crippen molar-refractivity contribution in [2.45, 2.75) is 38.5 Å². The number of hydrogen-bond donors (Lipinski definition) is 2. The maximum atomic E-state index is 12.2. The van der Waals surface area contributed by atoms with Gasteiger partial charge in [-0.2, -0.15) is 0 Å². The van der Waals surface area contributed by atoms with Crippen molar-refractivity contribution in [3.63, 3.8) is 0 Å². The average molecular weight is 465 g/mol. The van der Waals surface area contributed by atoms with Crippen molar-refractivity contribution in [1.82, 2.24) is 31.0 Å². The summed E-state index contributed by atoms with van der Waals surface area (Å²) in [5, 5.41) is 22.6. The monoisotopic (exact) mass is 464 g/mol. The summed E-state index contributed by atoms with van der Waals surface area (Å²) in [6.45, 7) is 4.42. The molecule has 0 atom stereocenters. The summed E-state index contributed by atoms with van der Waals surface area (Å²) < 4.78 is 0. The largest absolute Gasteiger partial charge is 0.352 e. The van der Waals surface area contributed by atoms with Crippen molar-refractivity contribution < 1.29 is 9.59 Å². The predicted octanol–water partition coefficient (Wildman–Crippen LogP) is 1.65. The zero-order valence-corrected chi connectivity index (χ0v) is 19.4. The fraction of sp³-hybridized carbons (Fsp3) is 0.583. The fourth-order valence-electron chi connectivity index (χ4n) is 4.17. The van der Waals surface area contributed by atoms with E-state index in [4.69, 9.17) is 0 Å². The normalized spacial score (nSPS) is 18.0. The van der Waals surface area contributed by atoms with Crippen LogP contribution >= 0.6 is 0 Å². The van der Waals surface area contributed by atoms with Crippen LogP contribution in [0.3, 0.4) is 0 Å². The summed E-state index contributed by atoms with van der Waals surface area (Å²) >= 11 is 0. The van der Waals surface area contributed by atoms with E-state index >= 15 is 0 Å². The first-order valence-corrected chi connectivity index (χ1v) is 12.4. The quantitative estimate of drug-likeness (QED) is 0.545. The summed E-state index contributed by atoms with van der Waals surface area (Å²) in [7, 11) is 0. The van der Waals surface area contributed by atoms with Crippen LogP contribution in [0, 0.1) is 11.8 Å². The highest BCUT2D eigenvalue weighted by atomic mass is 16.2. The van der Waals surface area contributed by atoms with Gasteiger partial charge in [0.25, 0.3) is 11.8 Å². The molecule has 5 rings (SSSR count). The summed E-state index contributed by atoms with van der Waals surface area (Å²) in [5.74, 6) is 2.78. The second-order valence-corrected chi connectivity index (χ2v) is 9.50. The molecular weight excluding hydrogens is 432 g/mol. The van der Waals surface area contributed by atoms with Crippen molar-refractivity contribution in [3.05, 3.63) is 35.7 Å². The number of amides is 2. The molecule has 2 saturated carbocycles. The van der Waals surface area contributed by atoms with Crippen LogP contribution < -0.4 is 20.4 Å². The molecule has 0 spiro atoms. The highest BCUT2D eigenvalue weighted by Crippen LogP contribution is 2.32. The Kier molecular flexibility index (Phi) is 6.82. The number of anilines is 2. The van der Waals surface area contributed by atoms with Crippen LogP contribution in [0.15, 0.2) is 24.3 Å². The molecular formula is C24H32N8O2. The molecule has 2 N–H and O–H groups in total. The molecule has 0 radical (unpaired) electrons. The molecule has 2 aliphatic carbocycles. The van der Waals surface area contributed by atoms with Crippen LogP contribution in [0.2, 0.25) is 0 Å². The molecule has 1 aliphatic heterocycles. The van der Waals surface area contributed by atoms with Crippen LogP contribution in [-0.4, -0.2) is 71.5 Å². The number of carbonyl (C=O) groups excluding carboxylic acids is 2. The third-order valence-electron chi connectivity index (χ3n) is 6.76. The Morgan fingerprint density at radius 1 is 0.676 bits per heavy atom. The van der Waals surface area contributed by atoms with Crippen LogP contribution in [0.1, 0.15) is 59.5 Å². The third-order valence-corrected chi connectivity index (χ3v) is 6.76. The topological polar surface area (TPSA) is 116 Å². The fourth-order valence-corrected chi connectivity index (χ4v) is 4.17. The number of piperazine rings is 1. The van der Waals surface area contributed by atoms with E-state index in [0.717, 1.165) is 62.5 Å². The zero-order chi connectivity index (χ0) is 23.3. The Bertz CT molecular complexity index is 900. The van der Waals surface area contributed by atoms with Crippen molar-refractivity contribution in [3.8, 4) is 0 Å². The van der Waals surface area contributed by atoms with Gasteiger partial charge in [-0.3, -0.25) is 9.59 Å². The minimum atomic E-state index is -0.164. The van der Waals surface area contributed by atoms with Gasteiger partial charge in [0.1, 0.15) is 0 Å². The first-order valence-electron chi connectivity index (χ1n) is 12.4. The van der Waals surface area contributed by atoms with Gasteiger partial charge < -0.3 is 20.4 Å². The number of nitrogens with one attached hydrogen (secondary N) is 2. The Labute approximate surface area is 199 Å². The molecule has 10 heteroatoms. The van der Waals surface area contributed by atoms with Crippen LogP contribution in [0.4, 0.5) is 11.6 Å². The van der Waals surface area contributed by atoms with Crippen LogP contribution in [0.25, 0.3) is 0 Å². The Hall–Kier alpha value is -3.30. The second-order valence-electron chi connectivity index (χ2n) is 9.50. The van der Waals surface area contributed by atoms with E-state index in [-0.39, 0.29) is 11.8 Å². The van der Waals surface area contributed by atoms with E-state index in [0.29, 0.717) is 24.5 Å². The summed E-state index contributed by atoms with van der Waals surface area (Å²) in [5.41, 5.74) is 0.704. The Morgan fingerprint density at radius 2 is 1.09 bits per heavy atom. The molecule has 2 aromatic heterocycles. The zero-order valence-electron chi connectivity index (χ0n) is 19.4. The van der Waals surface area contributed by atoms with Crippen molar-refractivity contribution in [1.29, 1.82) is 0 Å². The van der Waals surface area contributed by atoms with E-state index in [9.17, 15) is 9.59 Å². The average Bonchev–Trinajstić information content (AvgIpc) is 3.81. The van der Waals surface area contributed by atoms with Crippen molar-refractivity contribution in [2.75, 3.05) is 49.1 Å². The predicted molar refractivity (Wildman–Crippen MR) is 128 cm³/mol. The molecule has 3 fully saturated rings. The minimum Gasteiger partial charge on any atom is -0.352 e. The van der Waals surface area contributed by atoms with Gasteiger partial charge in [0.15, 0.2) is 23.0 Å². The summed E-state index contributed by atoms with van der Waals surface area (Å²) in [6, 6.07) is 7.19. The van der Waals surface area contributed by atoms with Gasteiger partial charge in [0.05, 0.1) is 0 Å². The molecule has 10 nitrogen and oxygen atoms in total. The highest BCUT2D eigenvalue weighted by molar-refractivity contribution is 5.92.